The van der Waals surface area contributed by atoms with Crippen molar-refractivity contribution in [3.05, 3.63) is 30.3 Å². The number of sulfonamides is 1. The first-order valence-electron chi connectivity index (χ1n) is 6.84. The summed E-state index contributed by atoms with van der Waals surface area (Å²) in [5, 5.41) is -0.510. The Morgan fingerprint density at radius 2 is 1.84 bits per heavy atom. The lowest BCUT2D eigenvalue weighted by Gasteiger charge is -2.28. The molecule has 108 valence electrons. The molecule has 1 aromatic carbocycles. The van der Waals surface area contributed by atoms with Gasteiger partial charge in [0.25, 0.3) is 0 Å². The molecule has 1 unspecified atom stereocenters. The number of unbranched alkanes of at least 4 members (excludes halogenated alkanes) is 1. The van der Waals surface area contributed by atoms with Gasteiger partial charge >= 0.3 is 0 Å². The zero-order chi connectivity index (χ0) is 14.3. The van der Waals surface area contributed by atoms with Crippen molar-refractivity contribution in [1.82, 2.24) is 0 Å². The van der Waals surface area contributed by atoms with Gasteiger partial charge in [-0.3, -0.25) is 4.31 Å². The fourth-order valence-corrected chi connectivity index (χ4v) is 3.80. The first-order chi connectivity index (χ1) is 9.07. The summed E-state index contributed by atoms with van der Waals surface area (Å²) in [7, 11) is -3.38. The van der Waals surface area contributed by atoms with Crippen molar-refractivity contribution in [3.8, 4) is 0 Å². The molecule has 1 atom stereocenters. The largest absolute Gasteiger partial charge is 0.329 e. The Kier molecular flexibility index (Phi) is 6.31. The lowest BCUT2D eigenvalue weighted by atomic mass is 10.3. The van der Waals surface area contributed by atoms with Crippen LogP contribution in [0.3, 0.4) is 0 Å². The molecule has 1 aromatic rings. The van der Waals surface area contributed by atoms with Gasteiger partial charge in [0, 0.05) is 13.1 Å². The van der Waals surface area contributed by atoms with Gasteiger partial charge in [-0.05, 0) is 25.0 Å². The van der Waals surface area contributed by atoms with Crippen molar-refractivity contribution in [1.29, 1.82) is 0 Å². The van der Waals surface area contributed by atoms with Crippen LogP contribution in [0.4, 0.5) is 5.69 Å². The zero-order valence-corrected chi connectivity index (χ0v) is 12.6. The molecule has 0 amide bonds. The van der Waals surface area contributed by atoms with Gasteiger partial charge < -0.3 is 5.73 Å². The summed E-state index contributed by atoms with van der Waals surface area (Å²) in [4.78, 5) is 0. The first-order valence-corrected chi connectivity index (χ1v) is 8.34. The highest BCUT2D eigenvalue weighted by molar-refractivity contribution is 7.93. The van der Waals surface area contributed by atoms with Crippen molar-refractivity contribution in [2.45, 2.75) is 38.4 Å². The third-order valence-corrected chi connectivity index (χ3v) is 5.58. The Morgan fingerprint density at radius 1 is 1.21 bits per heavy atom. The number of rotatable bonds is 8. The van der Waals surface area contributed by atoms with E-state index in [2.05, 4.69) is 6.92 Å². The highest BCUT2D eigenvalue weighted by atomic mass is 32.2. The quantitative estimate of drug-likeness (QED) is 0.797. The number of para-hydroxylation sites is 1. The summed E-state index contributed by atoms with van der Waals surface area (Å²) in [5.74, 6) is 0. The molecular formula is C14H24N2O2S. The first kappa shape index (κ1) is 16.0. The lowest BCUT2D eigenvalue weighted by molar-refractivity contribution is 0.569. The molecule has 0 fully saturated rings. The second kappa shape index (κ2) is 7.50. The maximum atomic E-state index is 12.6. The third kappa shape index (κ3) is 3.94. The van der Waals surface area contributed by atoms with Crippen LogP contribution in [0.2, 0.25) is 0 Å². The predicted molar refractivity (Wildman–Crippen MR) is 80.7 cm³/mol. The molecule has 2 N–H and O–H groups in total. The van der Waals surface area contributed by atoms with Crippen LogP contribution >= 0.6 is 0 Å². The van der Waals surface area contributed by atoms with Gasteiger partial charge in [-0.2, -0.15) is 0 Å². The SMILES string of the molecule is CCCCN(c1ccccc1)S(=O)(=O)C(CC)CN. The molecule has 0 spiro atoms. The minimum atomic E-state index is -3.38. The van der Waals surface area contributed by atoms with E-state index in [-0.39, 0.29) is 6.54 Å². The Morgan fingerprint density at radius 3 is 2.32 bits per heavy atom. The molecule has 19 heavy (non-hydrogen) atoms. The van der Waals surface area contributed by atoms with Crippen LogP contribution in [0.5, 0.6) is 0 Å². The molecular weight excluding hydrogens is 260 g/mol. The van der Waals surface area contributed by atoms with E-state index in [0.29, 0.717) is 13.0 Å². The maximum absolute atomic E-state index is 12.6. The molecule has 1 rings (SSSR count). The standard InChI is InChI=1S/C14H24N2O2S/c1-3-5-11-16(13-9-7-6-8-10-13)19(17,18)14(4-2)12-15/h6-10,14H,3-5,11-12,15H2,1-2H3. The van der Waals surface area contributed by atoms with Gasteiger partial charge in [-0.15, -0.1) is 0 Å². The van der Waals surface area contributed by atoms with Gasteiger partial charge in [0.05, 0.1) is 10.9 Å². The number of nitrogens with two attached hydrogens (primary N) is 1. The summed E-state index contributed by atoms with van der Waals surface area (Å²) in [6, 6.07) is 9.25. The second-order valence-corrected chi connectivity index (χ2v) is 6.71. The number of hydrogen-bond donors (Lipinski definition) is 1. The summed E-state index contributed by atoms with van der Waals surface area (Å²) in [6.07, 6.45) is 2.34. The van der Waals surface area contributed by atoms with E-state index in [9.17, 15) is 8.42 Å². The minimum absolute atomic E-state index is 0.161. The number of hydrogen-bond acceptors (Lipinski definition) is 3. The van der Waals surface area contributed by atoms with Crippen molar-refractivity contribution in [2.24, 2.45) is 5.73 Å². The molecule has 0 aliphatic carbocycles. The fraction of sp³-hybridized carbons (Fsp3) is 0.571. The average Bonchev–Trinajstić information content (AvgIpc) is 2.41. The van der Waals surface area contributed by atoms with E-state index >= 15 is 0 Å². The topological polar surface area (TPSA) is 63.4 Å². The summed E-state index contributed by atoms with van der Waals surface area (Å²) in [5.41, 5.74) is 6.33. The molecule has 4 nitrogen and oxygen atoms in total. The highest BCUT2D eigenvalue weighted by Gasteiger charge is 2.29. The van der Waals surface area contributed by atoms with E-state index in [0.717, 1.165) is 18.5 Å². The van der Waals surface area contributed by atoms with Crippen molar-refractivity contribution in [2.75, 3.05) is 17.4 Å². The van der Waals surface area contributed by atoms with Crippen LogP contribution < -0.4 is 10.0 Å². The molecule has 0 aliphatic heterocycles. The van der Waals surface area contributed by atoms with E-state index in [1.165, 1.54) is 4.31 Å². The van der Waals surface area contributed by atoms with E-state index < -0.39 is 15.3 Å². The molecule has 0 radical (unpaired) electrons. The van der Waals surface area contributed by atoms with Crippen molar-refractivity contribution < 1.29 is 8.42 Å². The molecule has 0 heterocycles. The van der Waals surface area contributed by atoms with Crippen LogP contribution in [0, 0.1) is 0 Å². The minimum Gasteiger partial charge on any atom is -0.329 e. The van der Waals surface area contributed by atoms with Crippen LogP contribution in [0.1, 0.15) is 33.1 Å². The molecule has 0 aliphatic rings. The molecule has 0 saturated carbocycles. The van der Waals surface area contributed by atoms with E-state index in [4.69, 9.17) is 5.73 Å². The maximum Gasteiger partial charge on any atom is 0.239 e. The normalized spacial score (nSPS) is 13.2. The number of benzene rings is 1. The third-order valence-electron chi connectivity index (χ3n) is 3.21. The number of nitrogens with zero attached hydrogens (tertiary/aromatic N) is 1. The van der Waals surface area contributed by atoms with E-state index in [1.807, 2.05) is 37.3 Å². The van der Waals surface area contributed by atoms with E-state index in [1.54, 1.807) is 0 Å². The zero-order valence-electron chi connectivity index (χ0n) is 11.7. The van der Waals surface area contributed by atoms with Gasteiger partial charge in [-0.25, -0.2) is 8.42 Å². The van der Waals surface area contributed by atoms with Crippen LogP contribution in [0.15, 0.2) is 30.3 Å². The summed E-state index contributed by atoms with van der Waals surface area (Å²) >= 11 is 0. The molecule has 0 aromatic heterocycles. The Labute approximate surface area is 116 Å². The van der Waals surface area contributed by atoms with Crippen LogP contribution in [-0.4, -0.2) is 26.8 Å². The van der Waals surface area contributed by atoms with Crippen molar-refractivity contribution in [3.63, 3.8) is 0 Å². The predicted octanol–water partition coefficient (Wildman–Crippen LogP) is 2.36. The summed E-state index contributed by atoms with van der Waals surface area (Å²) < 4.78 is 26.8. The molecule has 0 saturated heterocycles. The van der Waals surface area contributed by atoms with Gasteiger partial charge in [0.1, 0.15) is 0 Å². The fourth-order valence-electron chi connectivity index (χ4n) is 1.98. The molecule has 5 heteroatoms. The summed E-state index contributed by atoms with van der Waals surface area (Å²) in [6.45, 7) is 4.59. The van der Waals surface area contributed by atoms with Crippen LogP contribution in [0.25, 0.3) is 0 Å². The molecule has 0 bridgehead atoms. The number of anilines is 1. The van der Waals surface area contributed by atoms with Crippen molar-refractivity contribution >= 4 is 15.7 Å². The Bertz CT molecular complexity index is 456. The Hall–Kier alpha value is -1.07. The smallest absolute Gasteiger partial charge is 0.239 e. The Balaban J connectivity index is 3.10. The second-order valence-electron chi connectivity index (χ2n) is 4.57. The average molecular weight is 284 g/mol. The monoisotopic (exact) mass is 284 g/mol. The highest BCUT2D eigenvalue weighted by Crippen LogP contribution is 2.22. The van der Waals surface area contributed by atoms with Gasteiger partial charge in [0.15, 0.2) is 0 Å². The lowest BCUT2D eigenvalue weighted by Crippen LogP contribution is -2.42. The van der Waals surface area contributed by atoms with Crippen LogP contribution in [-0.2, 0) is 10.0 Å². The van der Waals surface area contributed by atoms with Gasteiger partial charge in [0.2, 0.25) is 10.0 Å². The van der Waals surface area contributed by atoms with Gasteiger partial charge in [-0.1, -0.05) is 38.5 Å².